The molecule has 3 rings (SSSR count). The lowest BCUT2D eigenvalue weighted by molar-refractivity contribution is 0.630. The number of hydrogen-bond donors (Lipinski definition) is 1. The molecule has 1 heterocycles. The number of para-hydroxylation sites is 1. The van der Waals surface area contributed by atoms with Gasteiger partial charge in [0.05, 0.1) is 5.69 Å². The van der Waals surface area contributed by atoms with Crippen LogP contribution in [0.4, 0.5) is 15.9 Å². The van der Waals surface area contributed by atoms with E-state index in [9.17, 15) is 4.39 Å². The Balaban J connectivity index is 2.01. The molecule has 104 valence electrons. The highest BCUT2D eigenvalue weighted by Crippen LogP contribution is 2.40. The summed E-state index contributed by atoms with van der Waals surface area (Å²) in [6.45, 7) is 3.68. The van der Waals surface area contributed by atoms with E-state index >= 15 is 0 Å². The van der Waals surface area contributed by atoms with Crippen molar-refractivity contribution in [2.45, 2.75) is 32.6 Å². The van der Waals surface area contributed by atoms with E-state index < -0.39 is 0 Å². The van der Waals surface area contributed by atoms with Crippen molar-refractivity contribution in [1.29, 1.82) is 0 Å². The van der Waals surface area contributed by atoms with Crippen molar-refractivity contribution >= 4 is 23.1 Å². The molecule has 1 aliphatic rings. The fraction of sp³-hybridized carbons (Fsp3) is 0.333. The summed E-state index contributed by atoms with van der Waals surface area (Å²) in [5.41, 5.74) is 2.00. The van der Waals surface area contributed by atoms with Crippen molar-refractivity contribution in [1.82, 2.24) is 9.97 Å². The fourth-order valence-corrected chi connectivity index (χ4v) is 2.24. The van der Waals surface area contributed by atoms with Crippen LogP contribution in [0, 0.1) is 19.7 Å². The molecule has 5 heteroatoms. The van der Waals surface area contributed by atoms with Crippen LogP contribution in [-0.4, -0.2) is 9.97 Å². The van der Waals surface area contributed by atoms with Crippen LogP contribution in [0.25, 0.3) is 0 Å². The third-order valence-electron chi connectivity index (χ3n) is 3.51. The number of nitrogens with one attached hydrogen (secondary N) is 1. The zero-order valence-corrected chi connectivity index (χ0v) is 12.1. The quantitative estimate of drug-likeness (QED) is 0.846. The number of rotatable bonds is 3. The summed E-state index contributed by atoms with van der Waals surface area (Å²) in [5.74, 6) is 1.43. The Kier molecular flexibility index (Phi) is 3.34. The average molecular weight is 292 g/mol. The predicted molar refractivity (Wildman–Crippen MR) is 78.2 cm³/mol. The SMILES string of the molecule is Cc1cccc(F)c1Nc1nc(C2CC2)nc(Cl)c1C. The Morgan fingerprint density at radius 1 is 1.25 bits per heavy atom. The van der Waals surface area contributed by atoms with Gasteiger partial charge in [-0.3, -0.25) is 0 Å². The van der Waals surface area contributed by atoms with Gasteiger partial charge in [-0.2, -0.15) is 0 Å². The van der Waals surface area contributed by atoms with Gasteiger partial charge in [0.15, 0.2) is 0 Å². The monoisotopic (exact) mass is 291 g/mol. The van der Waals surface area contributed by atoms with Gasteiger partial charge in [-0.05, 0) is 38.3 Å². The standard InChI is InChI=1S/C15H15ClFN3/c1-8-4-3-5-11(17)12(8)18-14-9(2)13(16)19-15(20-14)10-6-7-10/h3-5,10H,6-7H2,1-2H3,(H,18,19,20). The molecule has 1 aromatic carbocycles. The van der Waals surface area contributed by atoms with E-state index in [-0.39, 0.29) is 5.82 Å². The highest BCUT2D eigenvalue weighted by molar-refractivity contribution is 6.30. The molecule has 20 heavy (non-hydrogen) atoms. The van der Waals surface area contributed by atoms with E-state index in [0.29, 0.717) is 22.6 Å². The minimum absolute atomic E-state index is 0.299. The van der Waals surface area contributed by atoms with Crippen molar-refractivity contribution < 1.29 is 4.39 Å². The largest absolute Gasteiger partial charge is 0.337 e. The van der Waals surface area contributed by atoms with Crippen molar-refractivity contribution in [3.63, 3.8) is 0 Å². The number of hydrogen-bond acceptors (Lipinski definition) is 3. The second-order valence-corrected chi connectivity index (χ2v) is 5.54. The summed E-state index contributed by atoms with van der Waals surface area (Å²) < 4.78 is 13.9. The molecular weight excluding hydrogens is 277 g/mol. The highest BCUT2D eigenvalue weighted by Gasteiger charge is 2.28. The van der Waals surface area contributed by atoms with E-state index in [0.717, 1.165) is 29.8 Å². The van der Waals surface area contributed by atoms with Crippen LogP contribution in [0.5, 0.6) is 0 Å². The van der Waals surface area contributed by atoms with E-state index in [2.05, 4.69) is 15.3 Å². The number of anilines is 2. The predicted octanol–water partition coefficient (Wildman–Crippen LogP) is 4.51. The molecule has 0 bridgehead atoms. The van der Waals surface area contributed by atoms with Gasteiger partial charge in [-0.25, -0.2) is 14.4 Å². The molecule has 0 saturated heterocycles. The van der Waals surface area contributed by atoms with Gasteiger partial charge in [0, 0.05) is 11.5 Å². The third-order valence-corrected chi connectivity index (χ3v) is 3.88. The molecule has 1 N–H and O–H groups in total. The Morgan fingerprint density at radius 2 is 2.00 bits per heavy atom. The van der Waals surface area contributed by atoms with Gasteiger partial charge >= 0.3 is 0 Å². The molecule has 0 spiro atoms. The van der Waals surface area contributed by atoms with Crippen LogP contribution < -0.4 is 5.32 Å². The highest BCUT2D eigenvalue weighted by atomic mass is 35.5. The molecule has 1 aromatic heterocycles. The van der Waals surface area contributed by atoms with Crippen molar-refractivity contribution in [2.24, 2.45) is 0 Å². The van der Waals surface area contributed by atoms with E-state index in [1.807, 2.05) is 19.9 Å². The molecule has 2 aromatic rings. The summed E-state index contributed by atoms with van der Waals surface area (Å²) in [6, 6.07) is 4.96. The van der Waals surface area contributed by atoms with Crippen LogP contribution in [0.1, 0.15) is 35.7 Å². The number of halogens is 2. The normalized spacial score (nSPS) is 14.4. The van der Waals surface area contributed by atoms with Crippen LogP contribution in [0.15, 0.2) is 18.2 Å². The minimum atomic E-state index is -0.299. The van der Waals surface area contributed by atoms with E-state index in [1.54, 1.807) is 6.07 Å². The molecule has 0 unspecified atom stereocenters. The van der Waals surface area contributed by atoms with Gasteiger partial charge in [0.2, 0.25) is 0 Å². The zero-order chi connectivity index (χ0) is 14.3. The first kappa shape index (κ1) is 13.3. The maximum atomic E-state index is 13.9. The average Bonchev–Trinajstić information content (AvgIpc) is 3.23. The lowest BCUT2D eigenvalue weighted by Gasteiger charge is -2.13. The Hall–Kier alpha value is -1.68. The maximum Gasteiger partial charge on any atom is 0.146 e. The van der Waals surface area contributed by atoms with Gasteiger partial charge in [-0.1, -0.05) is 23.7 Å². The zero-order valence-electron chi connectivity index (χ0n) is 11.4. The molecule has 0 radical (unpaired) electrons. The maximum absolute atomic E-state index is 13.9. The number of aryl methyl sites for hydroxylation is 1. The number of benzene rings is 1. The first-order chi connectivity index (χ1) is 9.56. The van der Waals surface area contributed by atoms with Crippen molar-refractivity contribution in [2.75, 3.05) is 5.32 Å². The van der Waals surface area contributed by atoms with Crippen molar-refractivity contribution in [3.05, 3.63) is 46.1 Å². The van der Waals surface area contributed by atoms with Crippen LogP contribution in [0.3, 0.4) is 0 Å². The molecule has 1 fully saturated rings. The Morgan fingerprint density at radius 3 is 2.65 bits per heavy atom. The van der Waals surface area contributed by atoms with Crippen LogP contribution in [0.2, 0.25) is 5.15 Å². The second kappa shape index (κ2) is 5.02. The van der Waals surface area contributed by atoms with Gasteiger partial charge < -0.3 is 5.32 Å². The van der Waals surface area contributed by atoms with Gasteiger partial charge in [-0.15, -0.1) is 0 Å². The molecular formula is C15H15ClFN3. The first-order valence-electron chi connectivity index (χ1n) is 6.62. The molecule has 3 nitrogen and oxygen atoms in total. The fourth-order valence-electron chi connectivity index (χ4n) is 2.06. The molecule has 0 amide bonds. The van der Waals surface area contributed by atoms with Crippen LogP contribution in [-0.2, 0) is 0 Å². The molecule has 0 aliphatic heterocycles. The first-order valence-corrected chi connectivity index (χ1v) is 7.00. The summed E-state index contributed by atoms with van der Waals surface area (Å²) >= 11 is 6.15. The summed E-state index contributed by atoms with van der Waals surface area (Å²) in [7, 11) is 0. The van der Waals surface area contributed by atoms with E-state index in [4.69, 9.17) is 11.6 Å². The smallest absolute Gasteiger partial charge is 0.146 e. The lowest BCUT2D eigenvalue weighted by Crippen LogP contribution is -2.05. The summed E-state index contributed by atoms with van der Waals surface area (Å²) in [4.78, 5) is 8.80. The topological polar surface area (TPSA) is 37.8 Å². The lowest BCUT2D eigenvalue weighted by atomic mass is 10.2. The second-order valence-electron chi connectivity index (χ2n) is 5.18. The summed E-state index contributed by atoms with van der Waals surface area (Å²) in [5, 5.41) is 3.49. The van der Waals surface area contributed by atoms with Crippen LogP contribution >= 0.6 is 11.6 Å². The Bertz CT molecular complexity index is 648. The number of aromatic nitrogens is 2. The van der Waals surface area contributed by atoms with Gasteiger partial charge in [0.1, 0.15) is 22.6 Å². The number of nitrogens with zero attached hydrogens (tertiary/aromatic N) is 2. The van der Waals surface area contributed by atoms with Gasteiger partial charge in [0.25, 0.3) is 0 Å². The summed E-state index contributed by atoms with van der Waals surface area (Å²) in [6.07, 6.45) is 2.19. The molecule has 1 aliphatic carbocycles. The van der Waals surface area contributed by atoms with Crippen molar-refractivity contribution in [3.8, 4) is 0 Å². The third kappa shape index (κ3) is 2.48. The Labute approximate surface area is 122 Å². The molecule has 1 saturated carbocycles. The van der Waals surface area contributed by atoms with E-state index in [1.165, 1.54) is 6.07 Å². The molecule has 0 atom stereocenters. The minimum Gasteiger partial charge on any atom is -0.337 e.